The van der Waals surface area contributed by atoms with E-state index in [4.69, 9.17) is 17.0 Å². The molecule has 26 heavy (non-hydrogen) atoms. The number of nitrogens with one attached hydrogen (secondary N) is 1. The van der Waals surface area contributed by atoms with E-state index < -0.39 is 0 Å². The predicted molar refractivity (Wildman–Crippen MR) is 102 cm³/mol. The van der Waals surface area contributed by atoms with Crippen molar-refractivity contribution in [3.63, 3.8) is 0 Å². The van der Waals surface area contributed by atoms with Gasteiger partial charge >= 0.3 is 5.97 Å². The first-order chi connectivity index (χ1) is 12.5. The smallest absolute Gasteiger partial charge is 0.309 e. The zero-order valence-corrected chi connectivity index (χ0v) is 16.5. The van der Waals surface area contributed by atoms with Crippen LogP contribution in [0.2, 0.25) is 0 Å². The molecule has 2 aromatic rings. The molecule has 2 heterocycles. The van der Waals surface area contributed by atoms with Gasteiger partial charge in [-0.3, -0.25) is 9.36 Å². The van der Waals surface area contributed by atoms with E-state index in [9.17, 15) is 4.79 Å². The Morgan fingerprint density at radius 3 is 2.73 bits per heavy atom. The van der Waals surface area contributed by atoms with E-state index in [-0.39, 0.29) is 11.9 Å². The van der Waals surface area contributed by atoms with Crippen LogP contribution in [0.3, 0.4) is 0 Å². The summed E-state index contributed by atoms with van der Waals surface area (Å²) < 4.78 is 9.79. The van der Waals surface area contributed by atoms with Crippen molar-refractivity contribution >= 4 is 18.2 Å². The molecule has 3 rings (SSSR count). The molecule has 1 aliphatic heterocycles. The van der Waals surface area contributed by atoms with E-state index in [1.54, 1.807) is 0 Å². The SMILES string of the molecule is CCOC(=O)C1CC[NH+](Cn2nc(C)n(-c3cccc(C)c3)c2=S)CC1. The Hall–Kier alpha value is -1.99. The highest BCUT2D eigenvalue weighted by Gasteiger charge is 2.28. The number of ether oxygens (including phenoxy) is 1. The van der Waals surface area contributed by atoms with Crippen molar-refractivity contribution in [2.75, 3.05) is 19.7 Å². The van der Waals surface area contributed by atoms with Crippen molar-refractivity contribution in [1.29, 1.82) is 0 Å². The second-order valence-corrected chi connectivity index (χ2v) is 7.30. The molecule has 0 bridgehead atoms. The van der Waals surface area contributed by atoms with Crippen molar-refractivity contribution < 1.29 is 14.4 Å². The van der Waals surface area contributed by atoms with Gasteiger partial charge in [-0.05, 0) is 50.7 Å². The van der Waals surface area contributed by atoms with E-state index in [0.717, 1.165) is 44.1 Å². The number of likely N-dealkylation sites (tertiary alicyclic amines) is 1. The van der Waals surface area contributed by atoms with Gasteiger partial charge < -0.3 is 9.64 Å². The second kappa shape index (κ2) is 8.14. The van der Waals surface area contributed by atoms with Gasteiger partial charge in [0.05, 0.1) is 25.6 Å². The van der Waals surface area contributed by atoms with E-state index in [1.165, 1.54) is 10.5 Å². The summed E-state index contributed by atoms with van der Waals surface area (Å²) in [7, 11) is 0. The number of aryl methyl sites for hydroxylation is 2. The van der Waals surface area contributed by atoms with E-state index >= 15 is 0 Å². The summed E-state index contributed by atoms with van der Waals surface area (Å²) in [5, 5.41) is 4.66. The van der Waals surface area contributed by atoms with Crippen molar-refractivity contribution in [3.05, 3.63) is 40.4 Å². The van der Waals surface area contributed by atoms with Gasteiger partial charge in [0.1, 0.15) is 5.82 Å². The Kier molecular flexibility index (Phi) is 5.88. The first kappa shape index (κ1) is 18.8. The minimum Gasteiger partial charge on any atom is -0.466 e. The molecule has 0 saturated carbocycles. The van der Waals surface area contributed by atoms with E-state index in [1.807, 2.05) is 29.2 Å². The quantitative estimate of drug-likeness (QED) is 0.640. The molecule has 0 unspecified atom stereocenters. The van der Waals surface area contributed by atoms with Crippen LogP contribution >= 0.6 is 12.2 Å². The second-order valence-electron chi connectivity index (χ2n) is 6.94. The van der Waals surface area contributed by atoms with Crippen LogP contribution in [0.25, 0.3) is 5.69 Å². The fourth-order valence-electron chi connectivity index (χ4n) is 3.58. The van der Waals surface area contributed by atoms with Gasteiger partial charge in [0, 0.05) is 18.5 Å². The molecular weight excluding hydrogens is 348 g/mol. The Bertz CT molecular complexity index is 834. The van der Waals surface area contributed by atoms with Gasteiger partial charge in [-0.2, -0.15) is 9.78 Å². The minimum atomic E-state index is -0.0530. The molecule has 0 amide bonds. The molecule has 0 atom stereocenters. The summed E-state index contributed by atoms with van der Waals surface area (Å²) in [6.45, 7) is 8.96. The molecule has 1 aromatic carbocycles. The number of aromatic nitrogens is 3. The van der Waals surface area contributed by atoms with Crippen molar-refractivity contribution in [2.24, 2.45) is 5.92 Å². The molecule has 6 nitrogen and oxygen atoms in total. The Morgan fingerprint density at radius 2 is 2.08 bits per heavy atom. The maximum Gasteiger partial charge on any atom is 0.309 e. The first-order valence-electron chi connectivity index (χ1n) is 9.23. The Labute approximate surface area is 159 Å². The highest BCUT2D eigenvalue weighted by Crippen LogP contribution is 2.14. The summed E-state index contributed by atoms with van der Waals surface area (Å²) in [4.78, 5) is 13.3. The molecule has 1 N–H and O–H groups in total. The number of carbonyl (C=O) groups excluding carboxylic acids is 1. The average molecular weight is 376 g/mol. The number of quaternary nitrogens is 1. The molecule has 0 radical (unpaired) electrons. The lowest BCUT2D eigenvalue weighted by Crippen LogP contribution is -3.12. The number of rotatable bonds is 5. The monoisotopic (exact) mass is 375 g/mol. The normalized spacial score (nSPS) is 20.1. The van der Waals surface area contributed by atoms with Crippen LogP contribution in [-0.2, 0) is 16.2 Å². The Morgan fingerprint density at radius 1 is 1.35 bits per heavy atom. The summed E-state index contributed by atoms with van der Waals surface area (Å²) in [6, 6.07) is 8.28. The molecule has 1 fully saturated rings. The molecule has 1 aromatic heterocycles. The van der Waals surface area contributed by atoms with Gasteiger partial charge in [0.25, 0.3) is 0 Å². The summed E-state index contributed by atoms with van der Waals surface area (Å²) in [6.07, 6.45) is 1.72. The molecular formula is C19H27N4O2S+. The minimum absolute atomic E-state index is 0.0401. The van der Waals surface area contributed by atoms with Gasteiger partial charge in [-0.15, -0.1) is 0 Å². The summed E-state index contributed by atoms with van der Waals surface area (Å²) in [5.41, 5.74) is 2.25. The van der Waals surface area contributed by atoms with Crippen molar-refractivity contribution in [3.8, 4) is 5.69 Å². The van der Waals surface area contributed by atoms with Crippen molar-refractivity contribution in [1.82, 2.24) is 14.3 Å². The van der Waals surface area contributed by atoms with Crippen LogP contribution in [0.1, 0.15) is 31.2 Å². The lowest BCUT2D eigenvalue weighted by Gasteiger charge is -2.27. The van der Waals surface area contributed by atoms with Gasteiger partial charge in [-0.1, -0.05) is 12.1 Å². The van der Waals surface area contributed by atoms with Crippen LogP contribution in [0.4, 0.5) is 0 Å². The van der Waals surface area contributed by atoms with Crippen LogP contribution in [0, 0.1) is 24.5 Å². The standard InChI is InChI=1S/C19H26N4O2S/c1-4-25-18(24)16-8-10-21(11-9-16)13-22-19(26)23(15(3)20-22)17-7-5-6-14(2)12-17/h5-7,12,16H,4,8-11,13H2,1-3H3/p+1. The van der Waals surface area contributed by atoms with Gasteiger partial charge in [0.15, 0.2) is 6.67 Å². The van der Waals surface area contributed by atoms with E-state index in [2.05, 4.69) is 30.2 Å². The van der Waals surface area contributed by atoms with Crippen LogP contribution in [-0.4, -0.2) is 40.0 Å². The molecule has 0 spiro atoms. The number of nitrogens with zero attached hydrogens (tertiary/aromatic N) is 3. The van der Waals surface area contributed by atoms with Crippen molar-refractivity contribution in [2.45, 2.75) is 40.3 Å². The largest absolute Gasteiger partial charge is 0.466 e. The van der Waals surface area contributed by atoms with E-state index in [0.29, 0.717) is 11.4 Å². The van der Waals surface area contributed by atoms with Gasteiger partial charge in [-0.25, -0.2) is 0 Å². The molecule has 1 aliphatic rings. The third-order valence-electron chi connectivity index (χ3n) is 4.95. The van der Waals surface area contributed by atoms with Crippen LogP contribution in [0.5, 0.6) is 0 Å². The highest BCUT2D eigenvalue weighted by molar-refractivity contribution is 7.71. The zero-order chi connectivity index (χ0) is 18.7. The summed E-state index contributed by atoms with van der Waals surface area (Å²) >= 11 is 5.68. The molecule has 1 saturated heterocycles. The third kappa shape index (κ3) is 4.04. The predicted octanol–water partition coefficient (Wildman–Crippen LogP) is 1.84. The topological polar surface area (TPSA) is 53.5 Å². The van der Waals surface area contributed by atoms with Gasteiger partial charge in [0.2, 0.25) is 4.77 Å². The maximum absolute atomic E-state index is 11.9. The number of piperidine rings is 1. The average Bonchev–Trinajstić information content (AvgIpc) is 2.89. The lowest BCUT2D eigenvalue weighted by molar-refractivity contribution is -0.929. The maximum atomic E-state index is 11.9. The Balaban J connectivity index is 1.70. The number of hydrogen-bond donors (Lipinski definition) is 1. The zero-order valence-electron chi connectivity index (χ0n) is 15.7. The lowest BCUT2D eigenvalue weighted by atomic mass is 9.97. The number of benzene rings is 1. The van der Waals surface area contributed by atoms with Crippen LogP contribution in [0.15, 0.2) is 24.3 Å². The summed E-state index contributed by atoms with van der Waals surface area (Å²) in [5.74, 6) is 0.877. The number of esters is 1. The fraction of sp³-hybridized carbons (Fsp3) is 0.526. The fourth-order valence-corrected chi connectivity index (χ4v) is 3.92. The molecule has 140 valence electrons. The first-order valence-corrected chi connectivity index (χ1v) is 9.64. The molecule has 7 heteroatoms. The third-order valence-corrected chi connectivity index (χ3v) is 5.34. The number of carbonyl (C=O) groups is 1. The van der Waals surface area contributed by atoms with Crippen LogP contribution < -0.4 is 4.90 Å². The number of hydrogen-bond acceptors (Lipinski definition) is 4. The molecule has 0 aliphatic carbocycles. The highest BCUT2D eigenvalue weighted by atomic mass is 32.1.